The smallest absolute Gasteiger partial charge is 0.456 e. The molecule has 0 saturated carbocycles. The van der Waals surface area contributed by atoms with Gasteiger partial charge < -0.3 is 19.4 Å². The van der Waals surface area contributed by atoms with Crippen LogP contribution in [0.25, 0.3) is 0 Å². The number of allylic oxidation sites excluding steroid dienone is 17. The Labute approximate surface area is 538 Å². The molecule has 3 unspecified atom stereocenters. The third kappa shape index (κ3) is 66.9. The van der Waals surface area contributed by atoms with Crippen LogP contribution < -0.4 is 5.32 Å². The number of likely N-dealkylation sites (N-methyl/N-ethyl adjacent to an activating group) is 1. The topological polar surface area (TPSA) is 111 Å². The van der Waals surface area contributed by atoms with Crippen LogP contribution in [0.15, 0.2) is 109 Å². The Morgan fingerprint density at radius 1 is 0.414 bits per heavy atom. The van der Waals surface area contributed by atoms with Crippen molar-refractivity contribution in [2.45, 2.75) is 328 Å². The predicted octanol–water partition coefficient (Wildman–Crippen LogP) is 23.2. The van der Waals surface area contributed by atoms with Gasteiger partial charge in [-0.05, 0) is 115 Å². The number of carbonyl (C=O) groups is 2. The Hall–Kier alpha value is -3.33. The van der Waals surface area contributed by atoms with E-state index in [2.05, 4.69) is 123 Å². The predicted molar refractivity (Wildman–Crippen MR) is 378 cm³/mol. The molecule has 0 fully saturated rings. The molecule has 0 aliphatic rings. The van der Waals surface area contributed by atoms with Gasteiger partial charge in [-0.15, -0.1) is 0 Å². The van der Waals surface area contributed by atoms with Gasteiger partial charge >= 0.3 is 13.8 Å². The number of hydrogen-bond acceptors (Lipinski definition) is 6. The number of carbonyl (C=O) groups excluding carboxylic acids is 2. The first kappa shape index (κ1) is 83.7. The van der Waals surface area contributed by atoms with Crippen molar-refractivity contribution in [2.24, 2.45) is 0 Å². The zero-order chi connectivity index (χ0) is 63.5. The molecule has 87 heavy (non-hydrogen) atoms. The van der Waals surface area contributed by atoms with Gasteiger partial charge in [0, 0.05) is 12.8 Å². The van der Waals surface area contributed by atoms with Crippen LogP contribution >= 0.6 is 7.82 Å². The molecule has 1 amide bonds. The summed E-state index contributed by atoms with van der Waals surface area (Å²) in [7, 11) is 1.48. The summed E-state index contributed by atoms with van der Waals surface area (Å²) in [4.78, 5) is 37.9. The number of esters is 1. The summed E-state index contributed by atoms with van der Waals surface area (Å²) < 4.78 is 30.8. The molecule has 0 heterocycles. The highest BCUT2D eigenvalue weighted by Crippen LogP contribution is 2.43. The Bertz CT molecular complexity index is 1860. The van der Waals surface area contributed by atoms with Gasteiger partial charge in [-0.3, -0.25) is 18.6 Å². The maximum absolute atomic E-state index is 13.6. The van der Waals surface area contributed by atoms with Crippen molar-refractivity contribution in [1.82, 2.24) is 5.32 Å². The van der Waals surface area contributed by atoms with E-state index in [1.807, 2.05) is 33.3 Å². The number of hydrogen-bond donors (Lipinski definition) is 2. The minimum absolute atomic E-state index is 0.0317. The van der Waals surface area contributed by atoms with Crippen LogP contribution in [-0.4, -0.2) is 74.3 Å². The molecule has 2 N–H and O–H groups in total. The number of ether oxygens (including phenoxy) is 1. The summed E-state index contributed by atoms with van der Waals surface area (Å²) in [6.45, 7) is 6.88. The van der Waals surface area contributed by atoms with Gasteiger partial charge in [0.2, 0.25) is 5.91 Å². The highest BCUT2D eigenvalue weighted by molar-refractivity contribution is 7.47. The van der Waals surface area contributed by atoms with Crippen LogP contribution in [-0.2, 0) is 27.9 Å². The molecule has 0 aliphatic carbocycles. The third-order valence-corrected chi connectivity index (χ3v) is 16.7. The van der Waals surface area contributed by atoms with Crippen LogP contribution in [0.3, 0.4) is 0 Å². The average molecular weight is 1230 g/mol. The van der Waals surface area contributed by atoms with E-state index in [9.17, 15) is 19.0 Å². The first-order valence-electron chi connectivity index (χ1n) is 36.2. The van der Waals surface area contributed by atoms with Gasteiger partial charge in [0.25, 0.3) is 0 Å². The number of phosphoric acid groups is 1. The quantitative estimate of drug-likeness (QED) is 0.0205. The lowest BCUT2D eigenvalue weighted by Crippen LogP contribution is -2.47. The van der Waals surface area contributed by atoms with Gasteiger partial charge in [0.05, 0.1) is 33.8 Å². The molecule has 9 nitrogen and oxygen atoms in total. The van der Waals surface area contributed by atoms with Gasteiger partial charge in [-0.25, -0.2) is 4.57 Å². The molecule has 3 atom stereocenters. The number of phosphoric ester groups is 1. The Morgan fingerprint density at radius 3 is 1.13 bits per heavy atom. The molecule has 0 aromatic carbocycles. The van der Waals surface area contributed by atoms with Gasteiger partial charge in [0.15, 0.2) is 0 Å². The standard InChI is InChI=1S/C77H137N2O7P/c1-7-10-13-16-19-22-25-28-30-32-34-36-37-38-39-40-41-43-45-47-49-52-55-58-61-64-67-70-77(81)86-75(68-65-62-59-56-53-50-27-24-21-18-15-12-9-3)74(73-85-87(82,83)84-72-71-79(4,5)6)78-76(80)69-66-63-60-57-54-51-48-46-44-42-35-33-31-29-26-23-20-17-14-11-8-2/h11,14,19-20,22-23,28-31,34-36,42,46,48,65,68,74-75H,7-10,12-13,15-18,21,24-27,32-33,37-41,43-45,47,49-64,66-67,69-73H2,1-6H3,(H-,78,80,82,83)/p+1/b14-11-,22-19-,23-20-,30-28-,31-29-,36-34-,42-35-,48-46-,68-65-. The molecule has 0 spiro atoms. The molecule has 0 aliphatic heterocycles. The zero-order valence-corrected chi connectivity index (χ0v) is 58.4. The van der Waals surface area contributed by atoms with E-state index in [1.54, 1.807) is 0 Å². The summed E-state index contributed by atoms with van der Waals surface area (Å²) in [5, 5.41) is 3.06. The summed E-state index contributed by atoms with van der Waals surface area (Å²) >= 11 is 0. The van der Waals surface area contributed by atoms with Crippen molar-refractivity contribution < 1.29 is 37.3 Å². The molecule has 10 heteroatoms. The maximum Gasteiger partial charge on any atom is 0.472 e. The Balaban J connectivity index is 5.10. The molecule has 0 rings (SSSR count). The lowest BCUT2D eigenvalue weighted by molar-refractivity contribution is -0.870. The SMILES string of the molecule is CC/C=C\C/C=C\C/C=C\C/C=C\C/C=C\CCCCCCCC(=O)NC(COP(=O)(O)OCC[N+](C)(C)C)C(/C=C\CCCCCCCCCCCCC)OC(=O)CCCCCCCCCCCCCCCC/C=C\C/C=C\C/C=C\CCCCC. The van der Waals surface area contributed by atoms with E-state index in [0.717, 1.165) is 122 Å². The fourth-order valence-corrected chi connectivity index (χ4v) is 10.9. The van der Waals surface area contributed by atoms with E-state index in [-0.39, 0.29) is 31.5 Å². The number of quaternary nitrogens is 1. The largest absolute Gasteiger partial charge is 0.472 e. The minimum Gasteiger partial charge on any atom is -0.456 e. The van der Waals surface area contributed by atoms with E-state index >= 15 is 0 Å². The van der Waals surface area contributed by atoms with Gasteiger partial charge in [0.1, 0.15) is 19.3 Å². The highest BCUT2D eigenvalue weighted by Gasteiger charge is 2.30. The van der Waals surface area contributed by atoms with E-state index < -0.39 is 20.0 Å². The first-order valence-corrected chi connectivity index (χ1v) is 37.7. The highest BCUT2D eigenvalue weighted by atomic mass is 31.2. The molecule has 0 bridgehead atoms. The second-order valence-corrected chi connectivity index (χ2v) is 26.8. The number of nitrogens with one attached hydrogen (secondary N) is 1. The summed E-state index contributed by atoms with van der Waals surface area (Å²) in [6, 6.07) is -0.866. The van der Waals surface area contributed by atoms with Crippen molar-refractivity contribution in [3.8, 4) is 0 Å². The summed E-state index contributed by atoms with van der Waals surface area (Å²) in [5.74, 6) is -0.524. The summed E-state index contributed by atoms with van der Waals surface area (Å²) in [5.41, 5.74) is 0. The number of unbranched alkanes of at least 4 members (excludes halogenated alkanes) is 33. The Morgan fingerprint density at radius 2 is 0.736 bits per heavy atom. The van der Waals surface area contributed by atoms with Crippen LogP contribution in [0.1, 0.15) is 316 Å². The van der Waals surface area contributed by atoms with Gasteiger partial charge in [-0.2, -0.15) is 0 Å². The third-order valence-electron chi connectivity index (χ3n) is 15.7. The van der Waals surface area contributed by atoms with Crippen LogP contribution in [0.2, 0.25) is 0 Å². The van der Waals surface area contributed by atoms with Crippen LogP contribution in [0, 0.1) is 0 Å². The molecule has 0 saturated heterocycles. The second kappa shape index (κ2) is 65.6. The van der Waals surface area contributed by atoms with Crippen molar-refractivity contribution in [3.63, 3.8) is 0 Å². The molecule has 0 radical (unpaired) electrons. The van der Waals surface area contributed by atoms with E-state index in [4.69, 9.17) is 13.8 Å². The lowest BCUT2D eigenvalue weighted by Gasteiger charge is -2.27. The molecule has 0 aromatic rings. The van der Waals surface area contributed by atoms with Crippen molar-refractivity contribution in [3.05, 3.63) is 109 Å². The summed E-state index contributed by atoms with van der Waals surface area (Å²) in [6.07, 6.45) is 91.0. The lowest BCUT2D eigenvalue weighted by atomic mass is 10.0. The average Bonchev–Trinajstić information content (AvgIpc) is 3.69. The normalized spacial score (nSPS) is 14.1. The van der Waals surface area contributed by atoms with Gasteiger partial charge in [-0.1, -0.05) is 297 Å². The minimum atomic E-state index is -4.47. The van der Waals surface area contributed by atoms with E-state index in [1.165, 1.54) is 161 Å². The number of amides is 1. The first-order chi connectivity index (χ1) is 42.4. The fourth-order valence-electron chi connectivity index (χ4n) is 10.2. The molecule has 502 valence electrons. The Kier molecular flexibility index (Phi) is 63.1. The zero-order valence-electron chi connectivity index (χ0n) is 57.5. The maximum atomic E-state index is 13.6. The number of nitrogens with zero attached hydrogens (tertiary/aromatic N) is 1. The molecule has 0 aromatic heterocycles. The van der Waals surface area contributed by atoms with Crippen molar-refractivity contribution >= 4 is 19.7 Å². The second-order valence-electron chi connectivity index (χ2n) is 25.4. The van der Waals surface area contributed by atoms with E-state index in [0.29, 0.717) is 17.4 Å². The van der Waals surface area contributed by atoms with Crippen molar-refractivity contribution in [2.75, 3.05) is 40.9 Å². The molecular weight excluding hydrogens is 1100 g/mol. The van der Waals surface area contributed by atoms with Crippen LogP contribution in [0.5, 0.6) is 0 Å². The van der Waals surface area contributed by atoms with Crippen molar-refractivity contribution in [1.29, 1.82) is 0 Å². The monoisotopic (exact) mass is 1230 g/mol. The van der Waals surface area contributed by atoms with Crippen LogP contribution in [0.4, 0.5) is 0 Å². The number of rotatable bonds is 65. The fraction of sp³-hybridized carbons (Fsp3) is 0.740. The molecular formula is C77H138N2O7P+.